The maximum absolute atomic E-state index is 12.2. The molecule has 0 aromatic heterocycles. The number of hydrogen-bond donors (Lipinski definition) is 2. The van der Waals surface area contributed by atoms with Gasteiger partial charge < -0.3 is 15.4 Å². The van der Waals surface area contributed by atoms with E-state index in [0.29, 0.717) is 22.3 Å². The van der Waals surface area contributed by atoms with E-state index >= 15 is 0 Å². The molecule has 1 fully saturated rings. The van der Waals surface area contributed by atoms with E-state index in [1.54, 1.807) is 25.1 Å². The number of piperidine rings is 1. The van der Waals surface area contributed by atoms with Crippen LogP contribution in [0.15, 0.2) is 18.2 Å². The first kappa shape index (κ1) is 17.4. The smallest absolute Gasteiger partial charge is 0.260 e. The Balaban J connectivity index is 1.88. The molecule has 1 unspecified atom stereocenters. The van der Waals surface area contributed by atoms with Crippen molar-refractivity contribution in [1.82, 2.24) is 10.6 Å². The van der Waals surface area contributed by atoms with E-state index in [1.165, 1.54) is 0 Å². The summed E-state index contributed by atoms with van der Waals surface area (Å²) in [5, 5.41) is 7.05. The third-order valence-electron chi connectivity index (χ3n) is 4.09. The fourth-order valence-electron chi connectivity index (χ4n) is 2.47. The van der Waals surface area contributed by atoms with Crippen LogP contribution in [-0.4, -0.2) is 31.6 Å². The van der Waals surface area contributed by atoms with Crippen LogP contribution in [0.25, 0.3) is 0 Å². The van der Waals surface area contributed by atoms with E-state index in [4.69, 9.17) is 27.9 Å². The van der Waals surface area contributed by atoms with Crippen molar-refractivity contribution in [1.29, 1.82) is 0 Å². The molecular formula is C16H22Cl2N2O2. The third-order valence-corrected chi connectivity index (χ3v) is 4.89. The summed E-state index contributed by atoms with van der Waals surface area (Å²) in [6.45, 7) is 6.56. The second-order valence-electron chi connectivity index (χ2n) is 6.09. The number of rotatable bonds is 5. The molecule has 122 valence electrons. The van der Waals surface area contributed by atoms with Crippen LogP contribution in [0.3, 0.4) is 0 Å². The molecular weight excluding hydrogens is 323 g/mol. The highest BCUT2D eigenvalue weighted by Gasteiger charge is 2.28. The van der Waals surface area contributed by atoms with Gasteiger partial charge in [0, 0.05) is 6.54 Å². The molecule has 0 saturated carbocycles. The summed E-state index contributed by atoms with van der Waals surface area (Å²) in [5.74, 6) is 0.278. The van der Waals surface area contributed by atoms with Gasteiger partial charge in [0.15, 0.2) is 6.10 Å². The van der Waals surface area contributed by atoms with Crippen LogP contribution < -0.4 is 15.4 Å². The highest BCUT2D eigenvalue weighted by atomic mass is 35.5. The summed E-state index contributed by atoms with van der Waals surface area (Å²) >= 11 is 12.0. The van der Waals surface area contributed by atoms with Crippen molar-refractivity contribution in [3.8, 4) is 5.75 Å². The number of nitrogens with one attached hydrogen (secondary N) is 2. The lowest BCUT2D eigenvalue weighted by molar-refractivity contribution is -0.127. The van der Waals surface area contributed by atoms with Gasteiger partial charge in [0.05, 0.1) is 5.02 Å². The zero-order chi connectivity index (χ0) is 16.2. The highest BCUT2D eigenvalue weighted by Crippen LogP contribution is 2.32. The lowest BCUT2D eigenvalue weighted by atomic mass is 9.81. The van der Waals surface area contributed by atoms with Gasteiger partial charge in [-0.15, -0.1) is 0 Å². The Kier molecular flexibility index (Phi) is 5.95. The molecule has 1 aromatic carbocycles. The molecule has 1 saturated heterocycles. The van der Waals surface area contributed by atoms with Crippen molar-refractivity contribution in [3.05, 3.63) is 28.2 Å². The minimum atomic E-state index is -0.624. The monoisotopic (exact) mass is 344 g/mol. The van der Waals surface area contributed by atoms with Crippen molar-refractivity contribution in [2.75, 3.05) is 19.6 Å². The summed E-state index contributed by atoms with van der Waals surface area (Å²) in [6.07, 6.45) is 1.49. The lowest BCUT2D eigenvalue weighted by Crippen LogP contribution is -2.45. The molecule has 0 bridgehead atoms. The van der Waals surface area contributed by atoms with Crippen LogP contribution in [-0.2, 0) is 4.79 Å². The molecule has 1 heterocycles. The third kappa shape index (κ3) is 4.51. The first-order valence-corrected chi connectivity index (χ1v) is 8.26. The number of hydrogen-bond acceptors (Lipinski definition) is 3. The van der Waals surface area contributed by atoms with Crippen molar-refractivity contribution < 1.29 is 9.53 Å². The Morgan fingerprint density at radius 2 is 2.09 bits per heavy atom. The minimum absolute atomic E-state index is 0.143. The molecule has 1 amide bonds. The predicted molar refractivity (Wildman–Crippen MR) is 89.8 cm³/mol. The fraction of sp³-hybridized carbons (Fsp3) is 0.562. The summed E-state index contributed by atoms with van der Waals surface area (Å²) in [7, 11) is 0. The lowest BCUT2D eigenvalue weighted by Gasteiger charge is -2.34. The minimum Gasteiger partial charge on any atom is -0.479 e. The average Bonchev–Trinajstić information content (AvgIpc) is 2.50. The van der Waals surface area contributed by atoms with Gasteiger partial charge in [0.2, 0.25) is 0 Å². The number of halogens is 2. The summed E-state index contributed by atoms with van der Waals surface area (Å²) < 4.78 is 5.62. The van der Waals surface area contributed by atoms with E-state index < -0.39 is 6.10 Å². The zero-order valence-electron chi connectivity index (χ0n) is 12.9. The number of carbonyl (C=O) groups excluding carboxylic acids is 1. The Labute approximate surface area is 141 Å². The summed E-state index contributed by atoms with van der Waals surface area (Å²) in [5.41, 5.74) is 0.147. The molecule has 2 N–H and O–H groups in total. The van der Waals surface area contributed by atoms with Crippen molar-refractivity contribution >= 4 is 29.1 Å². The molecule has 2 rings (SSSR count). The molecule has 6 heteroatoms. The van der Waals surface area contributed by atoms with E-state index in [0.717, 1.165) is 25.9 Å². The van der Waals surface area contributed by atoms with Gasteiger partial charge in [-0.3, -0.25) is 4.79 Å². The maximum atomic E-state index is 12.2. The zero-order valence-corrected chi connectivity index (χ0v) is 14.4. The van der Waals surface area contributed by atoms with Crippen molar-refractivity contribution in [3.63, 3.8) is 0 Å². The number of carbonyl (C=O) groups is 1. The summed E-state index contributed by atoms with van der Waals surface area (Å²) in [4.78, 5) is 12.2. The molecule has 1 atom stereocenters. The molecule has 1 aromatic rings. The number of ether oxygens (including phenoxy) is 1. The molecule has 4 nitrogen and oxygen atoms in total. The first-order valence-electron chi connectivity index (χ1n) is 7.50. The molecule has 22 heavy (non-hydrogen) atoms. The summed E-state index contributed by atoms with van der Waals surface area (Å²) in [6, 6.07) is 5.12. The molecule has 1 aliphatic heterocycles. The van der Waals surface area contributed by atoms with Crippen LogP contribution in [0.1, 0.15) is 26.7 Å². The van der Waals surface area contributed by atoms with Gasteiger partial charge in [-0.05, 0) is 50.4 Å². The molecule has 1 aliphatic rings. The number of amides is 1. The standard InChI is InChI=1S/C16H22Cl2N2O2/c1-11(22-13-5-3-4-12(17)14(13)18)15(21)20-10-16(2)6-8-19-9-7-16/h3-5,11,19H,6-10H2,1-2H3,(H,20,21). The van der Waals surface area contributed by atoms with Crippen LogP contribution in [0.2, 0.25) is 10.0 Å². The normalized spacial score (nSPS) is 18.5. The van der Waals surface area contributed by atoms with Gasteiger partial charge in [-0.2, -0.15) is 0 Å². The Morgan fingerprint density at radius 3 is 2.77 bits per heavy atom. The van der Waals surface area contributed by atoms with Crippen LogP contribution in [0.5, 0.6) is 5.75 Å². The average molecular weight is 345 g/mol. The van der Waals surface area contributed by atoms with E-state index in [9.17, 15) is 4.79 Å². The van der Waals surface area contributed by atoms with Gasteiger partial charge >= 0.3 is 0 Å². The van der Waals surface area contributed by atoms with Gasteiger partial charge in [0.1, 0.15) is 10.8 Å². The Bertz CT molecular complexity index is 531. The Morgan fingerprint density at radius 1 is 1.41 bits per heavy atom. The predicted octanol–water partition coefficient (Wildman–Crippen LogP) is 3.27. The second-order valence-corrected chi connectivity index (χ2v) is 6.88. The second kappa shape index (κ2) is 7.53. The SMILES string of the molecule is CC(Oc1cccc(Cl)c1Cl)C(=O)NCC1(C)CCNCC1. The van der Waals surface area contributed by atoms with E-state index in [1.807, 2.05) is 0 Å². The van der Waals surface area contributed by atoms with Crippen LogP contribution in [0.4, 0.5) is 0 Å². The van der Waals surface area contributed by atoms with Gasteiger partial charge in [0.25, 0.3) is 5.91 Å². The van der Waals surface area contributed by atoms with Crippen LogP contribution in [0, 0.1) is 5.41 Å². The van der Waals surface area contributed by atoms with Gasteiger partial charge in [-0.1, -0.05) is 36.2 Å². The largest absolute Gasteiger partial charge is 0.479 e. The van der Waals surface area contributed by atoms with Crippen molar-refractivity contribution in [2.45, 2.75) is 32.8 Å². The van der Waals surface area contributed by atoms with E-state index in [-0.39, 0.29) is 11.3 Å². The quantitative estimate of drug-likeness (QED) is 0.861. The molecule has 0 radical (unpaired) electrons. The molecule has 0 spiro atoms. The highest BCUT2D eigenvalue weighted by molar-refractivity contribution is 6.42. The van der Waals surface area contributed by atoms with Crippen molar-refractivity contribution in [2.24, 2.45) is 5.41 Å². The van der Waals surface area contributed by atoms with Gasteiger partial charge in [-0.25, -0.2) is 0 Å². The van der Waals surface area contributed by atoms with E-state index in [2.05, 4.69) is 17.6 Å². The first-order chi connectivity index (χ1) is 10.4. The maximum Gasteiger partial charge on any atom is 0.260 e. The molecule has 0 aliphatic carbocycles. The fourth-order valence-corrected chi connectivity index (χ4v) is 2.81. The number of benzene rings is 1. The Hall–Kier alpha value is -0.970. The van der Waals surface area contributed by atoms with Crippen LogP contribution >= 0.6 is 23.2 Å². The topological polar surface area (TPSA) is 50.4 Å².